The number of likely N-dealkylation sites (N-methyl/N-ethyl adjacent to an activating group) is 1. The minimum atomic E-state index is -1.69. The van der Waals surface area contributed by atoms with E-state index in [2.05, 4.69) is 6.58 Å². The third-order valence-corrected chi connectivity index (χ3v) is 12.0. The van der Waals surface area contributed by atoms with Crippen molar-refractivity contribution < 1.29 is 53.0 Å². The van der Waals surface area contributed by atoms with E-state index in [0.29, 0.717) is 12.0 Å². The molecule has 1 aromatic rings. The van der Waals surface area contributed by atoms with Gasteiger partial charge in [-0.05, 0) is 79.0 Å². The number of nitrogens with two attached hydrogens (primary N) is 1. The summed E-state index contributed by atoms with van der Waals surface area (Å²) in [5, 5.41) is 24.1. The number of esters is 2. The number of hydrogen-bond donors (Lipinski definition) is 3. The largest absolute Gasteiger partial charge is 0.509 e. The van der Waals surface area contributed by atoms with Crippen LogP contribution in [-0.4, -0.2) is 114 Å². The SMILES string of the molecule is C=CCC(C(=O)O[C@H]1[C@H](C)[C@@H](O[C@@H]2O[C@H](C)C[C@H](N(C)C)[C@H]2O)[C@@](C)(O)C[C@@H](C)[C@H](N)[C@H](C)[C@H]2OC(=O)O[C@]2(C)C(CC)OC(=O)[C@@H]1C)c1ccccc1. The molecule has 3 aliphatic rings. The first-order chi connectivity index (χ1) is 25.3. The van der Waals surface area contributed by atoms with Gasteiger partial charge in [-0.15, -0.1) is 6.58 Å². The number of allylic oxidation sites excluding steroid dienone is 1. The maximum Gasteiger partial charge on any atom is 0.509 e. The molecule has 4 rings (SSSR count). The van der Waals surface area contributed by atoms with Crippen LogP contribution in [0.1, 0.15) is 92.6 Å². The van der Waals surface area contributed by atoms with Crippen LogP contribution in [-0.2, 0) is 38.0 Å². The number of ether oxygens (including phenoxy) is 6. The molecule has 0 spiro atoms. The summed E-state index contributed by atoms with van der Waals surface area (Å²) in [6.45, 7) is 17.9. The second-order valence-corrected chi connectivity index (χ2v) is 16.5. The Morgan fingerprint density at radius 3 is 2.33 bits per heavy atom. The van der Waals surface area contributed by atoms with E-state index in [9.17, 15) is 24.6 Å². The molecule has 0 bridgehead atoms. The number of carbonyl (C=O) groups excluding carboxylic acids is 3. The molecule has 0 aromatic heterocycles. The number of carbonyl (C=O) groups is 3. The van der Waals surface area contributed by atoms with Crippen molar-refractivity contribution in [1.82, 2.24) is 4.90 Å². The van der Waals surface area contributed by atoms with Gasteiger partial charge >= 0.3 is 18.1 Å². The van der Waals surface area contributed by atoms with Crippen molar-refractivity contribution >= 4 is 18.1 Å². The molecular weight excluding hydrogens is 696 g/mol. The van der Waals surface area contributed by atoms with Gasteiger partial charge in [-0.2, -0.15) is 0 Å². The molecule has 3 saturated heterocycles. The first kappa shape index (κ1) is 43.7. The van der Waals surface area contributed by atoms with Gasteiger partial charge in [-0.1, -0.05) is 64.1 Å². The Hall–Kier alpha value is -3.07. The maximum absolute atomic E-state index is 14.3. The van der Waals surface area contributed by atoms with Crippen LogP contribution in [0.25, 0.3) is 0 Å². The van der Waals surface area contributed by atoms with Gasteiger partial charge in [0, 0.05) is 23.9 Å². The third-order valence-electron chi connectivity index (χ3n) is 12.0. The minimum Gasteiger partial charge on any atom is -0.461 e. The average molecular weight is 761 g/mol. The van der Waals surface area contributed by atoms with Crippen LogP contribution in [0.3, 0.4) is 0 Å². The maximum atomic E-state index is 14.3. The van der Waals surface area contributed by atoms with Gasteiger partial charge < -0.3 is 49.3 Å². The lowest BCUT2D eigenvalue weighted by Gasteiger charge is -2.48. The molecule has 4 N–H and O–H groups in total. The van der Waals surface area contributed by atoms with Gasteiger partial charge in [0.05, 0.1) is 29.6 Å². The van der Waals surface area contributed by atoms with E-state index in [-0.39, 0.29) is 37.3 Å². The van der Waals surface area contributed by atoms with E-state index in [1.54, 1.807) is 33.8 Å². The molecule has 13 nitrogen and oxygen atoms in total. The fourth-order valence-electron chi connectivity index (χ4n) is 8.88. The third kappa shape index (κ3) is 9.30. The molecule has 0 saturated carbocycles. The molecule has 0 aliphatic carbocycles. The van der Waals surface area contributed by atoms with Crippen molar-refractivity contribution in [2.75, 3.05) is 14.1 Å². The number of aliphatic hydroxyl groups excluding tert-OH is 1. The molecular formula is C41H64N2O11. The zero-order valence-corrected chi connectivity index (χ0v) is 33.7. The summed E-state index contributed by atoms with van der Waals surface area (Å²) in [5.41, 5.74) is 4.53. The molecule has 3 aliphatic heterocycles. The van der Waals surface area contributed by atoms with Crippen LogP contribution in [0.4, 0.5) is 4.79 Å². The highest BCUT2D eigenvalue weighted by Gasteiger charge is 2.59. The van der Waals surface area contributed by atoms with Crippen LogP contribution >= 0.6 is 0 Å². The number of aliphatic hydroxyl groups is 2. The summed E-state index contributed by atoms with van der Waals surface area (Å²) in [6, 6.07) is 8.21. The zero-order chi connectivity index (χ0) is 40.3. The van der Waals surface area contributed by atoms with Gasteiger partial charge in [0.25, 0.3) is 0 Å². The van der Waals surface area contributed by atoms with Crippen molar-refractivity contribution in [1.29, 1.82) is 0 Å². The molecule has 304 valence electrons. The second kappa shape index (κ2) is 17.8. The van der Waals surface area contributed by atoms with Gasteiger partial charge in [-0.3, -0.25) is 9.59 Å². The van der Waals surface area contributed by atoms with E-state index in [1.807, 2.05) is 77.0 Å². The summed E-state index contributed by atoms with van der Waals surface area (Å²) in [6.07, 6.45) is -4.84. The first-order valence-electron chi connectivity index (χ1n) is 19.4. The number of hydrogen-bond acceptors (Lipinski definition) is 13. The van der Waals surface area contributed by atoms with Crippen LogP contribution in [0.15, 0.2) is 43.0 Å². The van der Waals surface area contributed by atoms with Crippen molar-refractivity contribution in [3.63, 3.8) is 0 Å². The first-order valence-corrected chi connectivity index (χ1v) is 19.4. The fourth-order valence-corrected chi connectivity index (χ4v) is 8.88. The Bertz CT molecular complexity index is 1440. The molecule has 3 fully saturated rings. The molecule has 0 amide bonds. The number of benzene rings is 1. The average Bonchev–Trinajstić information content (AvgIpc) is 3.43. The van der Waals surface area contributed by atoms with E-state index >= 15 is 0 Å². The van der Waals surface area contributed by atoms with Gasteiger partial charge in [0.15, 0.2) is 18.0 Å². The van der Waals surface area contributed by atoms with Gasteiger partial charge in [0.1, 0.15) is 18.3 Å². The van der Waals surface area contributed by atoms with Crippen molar-refractivity contribution in [2.45, 2.75) is 153 Å². The van der Waals surface area contributed by atoms with Crippen LogP contribution in [0, 0.1) is 23.7 Å². The van der Waals surface area contributed by atoms with Crippen LogP contribution in [0.2, 0.25) is 0 Å². The summed E-state index contributed by atoms with van der Waals surface area (Å²) >= 11 is 0. The summed E-state index contributed by atoms with van der Waals surface area (Å²) in [4.78, 5) is 43.2. The summed E-state index contributed by atoms with van der Waals surface area (Å²) in [5.74, 6) is -4.92. The molecule has 3 heterocycles. The van der Waals surface area contributed by atoms with Crippen molar-refractivity contribution in [3.05, 3.63) is 48.6 Å². The standard InChI is InChI=1S/C41H64N2O11/c1-12-17-28(27-18-15-14-16-19-27)37(46)51-33-25(6)34(52-38-32(44)29(43(10)11)20-23(4)49-38)40(8,48)21-22(3)31(42)24(5)35-41(9,54-39(47)53-35)30(13-2)50-36(45)26(33)7/h12,14-16,18-19,22-26,28-35,38,44,48H,1,13,17,20-21,42H2,2-11H3/t22-,23-,24+,25+,26-,28?,29+,30?,31+,32-,33+,34-,35-,38+,40+,41-/m1/s1. The monoisotopic (exact) mass is 760 g/mol. The Kier molecular flexibility index (Phi) is 14.4. The van der Waals surface area contributed by atoms with E-state index in [0.717, 1.165) is 0 Å². The normalized spacial score (nSPS) is 41.4. The fraction of sp³-hybridized carbons (Fsp3) is 0.732. The van der Waals surface area contributed by atoms with E-state index in [1.165, 1.54) is 0 Å². The minimum absolute atomic E-state index is 0.0844. The number of nitrogens with zero attached hydrogens (tertiary/aromatic N) is 1. The molecule has 13 heteroatoms. The van der Waals surface area contributed by atoms with Crippen LogP contribution < -0.4 is 5.73 Å². The Morgan fingerprint density at radius 2 is 1.74 bits per heavy atom. The van der Waals surface area contributed by atoms with Gasteiger partial charge in [0.2, 0.25) is 0 Å². The smallest absolute Gasteiger partial charge is 0.461 e. The lowest BCUT2D eigenvalue weighted by atomic mass is 9.72. The van der Waals surface area contributed by atoms with Gasteiger partial charge in [-0.25, -0.2) is 4.79 Å². The molecule has 2 unspecified atom stereocenters. The van der Waals surface area contributed by atoms with E-state index in [4.69, 9.17) is 34.2 Å². The Labute approximate surface area is 320 Å². The zero-order valence-electron chi connectivity index (χ0n) is 33.7. The topological polar surface area (TPSA) is 176 Å². The van der Waals surface area contributed by atoms with Crippen molar-refractivity contribution in [3.8, 4) is 0 Å². The Balaban J connectivity index is 1.85. The molecule has 0 radical (unpaired) electrons. The second-order valence-electron chi connectivity index (χ2n) is 16.5. The highest BCUT2D eigenvalue weighted by Crippen LogP contribution is 2.43. The summed E-state index contributed by atoms with van der Waals surface area (Å²) < 4.78 is 36.9. The highest BCUT2D eigenvalue weighted by molar-refractivity contribution is 5.80. The molecule has 54 heavy (non-hydrogen) atoms. The van der Waals surface area contributed by atoms with Crippen molar-refractivity contribution in [2.24, 2.45) is 29.4 Å². The highest BCUT2D eigenvalue weighted by atomic mass is 16.8. The molecule has 1 aromatic carbocycles. The molecule has 16 atom stereocenters. The number of rotatable bonds is 9. The van der Waals surface area contributed by atoms with E-state index < -0.39 is 95.8 Å². The Morgan fingerprint density at radius 1 is 1.09 bits per heavy atom. The predicted octanol–water partition coefficient (Wildman–Crippen LogP) is 4.71. The van der Waals surface area contributed by atoms with Crippen LogP contribution in [0.5, 0.6) is 0 Å². The number of fused-ring (bicyclic) bond motifs is 1. The number of cyclic esters (lactones) is 1. The summed E-state index contributed by atoms with van der Waals surface area (Å²) in [7, 11) is 3.73. The predicted molar refractivity (Wildman–Crippen MR) is 201 cm³/mol. The quantitative estimate of drug-likeness (QED) is 0.179. The lowest BCUT2D eigenvalue weighted by molar-refractivity contribution is -0.299. The lowest BCUT2D eigenvalue weighted by Crippen LogP contribution is -2.60.